The molecule has 3 rings (SSSR count). The first-order valence-electron chi connectivity index (χ1n) is 9.63. The minimum absolute atomic E-state index is 0.0216. The Balaban J connectivity index is 1.78. The highest BCUT2D eigenvalue weighted by atomic mass is 79.9. The summed E-state index contributed by atoms with van der Waals surface area (Å²) in [7, 11) is -3.95. The first kappa shape index (κ1) is 23.8. The van der Waals surface area contributed by atoms with Crippen molar-refractivity contribution in [1.29, 1.82) is 0 Å². The van der Waals surface area contributed by atoms with Crippen LogP contribution in [0.25, 0.3) is 0 Å². The van der Waals surface area contributed by atoms with E-state index in [9.17, 15) is 17.6 Å². The second-order valence-corrected chi connectivity index (χ2v) is 9.91. The van der Waals surface area contributed by atoms with Crippen LogP contribution in [-0.4, -0.2) is 31.4 Å². The molecule has 0 aromatic heterocycles. The molecule has 0 saturated carbocycles. The minimum Gasteiger partial charge on any atom is -0.272 e. The van der Waals surface area contributed by atoms with E-state index in [2.05, 4.69) is 26.5 Å². The molecule has 6 nitrogen and oxygen atoms in total. The molecule has 0 radical (unpaired) electrons. The van der Waals surface area contributed by atoms with Gasteiger partial charge in [-0.2, -0.15) is 9.41 Å². The quantitative estimate of drug-likeness (QED) is 0.358. The van der Waals surface area contributed by atoms with Crippen LogP contribution in [0.2, 0.25) is 0 Å². The van der Waals surface area contributed by atoms with Gasteiger partial charge in [0.15, 0.2) is 0 Å². The van der Waals surface area contributed by atoms with Gasteiger partial charge in [-0.1, -0.05) is 57.9 Å². The van der Waals surface area contributed by atoms with E-state index in [0.29, 0.717) is 5.56 Å². The van der Waals surface area contributed by atoms with Crippen LogP contribution in [0.3, 0.4) is 0 Å². The van der Waals surface area contributed by atoms with Crippen LogP contribution in [0.4, 0.5) is 4.39 Å². The molecule has 0 aliphatic rings. The molecule has 0 aliphatic heterocycles. The molecule has 0 aliphatic carbocycles. The zero-order valence-corrected chi connectivity index (χ0v) is 19.6. The second-order valence-electron chi connectivity index (χ2n) is 7.06. The van der Waals surface area contributed by atoms with Crippen molar-refractivity contribution in [2.45, 2.75) is 18.4 Å². The molecule has 0 saturated heterocycles. The molecule has 1 N–H and O–H groups in total. The Labute approximate surface area is 195 Å². The van der Waals surface area contributed by atoms with E-state index in [1.807, 2.05) is 31.2 Å². The van der Waals surface area contributed by atoms with Gasteiger partial charge < -0.3 is 0 Å². The van der Waals surface area contributed by atoms with Gasteiger partial charge in [-0.15, -0.1) is 0 Å². The third-order valence-electron chi connectivity index (χ3n) is 4.52. The zero-order valence-electron chi connectivity index (χ0n) is 17.2. The van der Waals surface area contributed by atoms with Crippen LogP contribution in [-0.2, 0) is 21.4 Å². The maximum atomic E-state index is 13.2. The Morgan fingerprint density at radius 2 is 1.66 bits per heavy atom. The van der Waals surface area contributed by atoms with Gasteiger partial charge in [-0.3, -0.25) is 4.79 Å². The van der Waals surface area contributed by atoms with Crippen molar-refractivity contribution in [2.75, 3.05) is 6.54 Å². The summed E-state index contributed by atoms with van der Waals surface area (Å²) in [5, 5.41) is 3.83. The van der Waals surface area contributed by atoms with Crippen molar-refractivity contribution in [3.63, 3.8) is 0 Å². The molecule has 3 aromatic rings. The van der Waals surface area contributed by atoms with Crippen molar-refractivity contribution in [3.8, 4) is 0 Å². The van der Waals surface area contributed by atoms with Crippen LogP contribution in [0, 0.1) is 12.7 Å². The normalized spacial score (nSPS) is 11.8. The van der Waals surface area contributed by atoms with E-state index < -0.39 is 22.5 Å². The predicted molar refractivity (Wildman–Crippen MR) is 125 cm³/mol. The first-order valence-corrected chi connectivity index (χ1v) is 11.9. The Morgan fingerprint density at radius 1 is 1.03 bits per heavy atom. The molecule has 166 valence electrons. The summed E-state index contributed by atoms with van der Waals surface area (Å²) in [5.41, 5.74) is 4.71. The highest BCUT2D eigenvalue weighted by Gasteiger charge is 2.27. The van der Waals surface area contributed by atoms with Crippen molar-refractivity contribution in [3.05, 3.63) is 99.8 Å². The number of hydrogen-bond donors (Lipinski definition) is 1. The number of benzene rings is 3. The van der Waals surface area contributed by atoms with E-state index in [1.54, 1.807) is 12.1 Å². The lowest BCUT2D eigenvalue weighted by Gasteiger charge is -2.21. The number of amides is 1. The third kappa shape index (κ3) is 6.56. The molecule has 0 fully saturated rings. The van der Waals surface area contributed by atoms with E-state index >= 15 is 0 Å². The molecule has 0 spiro atoms. The van der Waals surface area contributed by atoms with E-state index in [1.165, 1.54) is 42.6 Å². The first-order chi connectivity index (χ1) is 15.2. The van der Waals surface area contributed by atoms with Crippen molar-refractivity contribution in [2.24, 2.45) is 5.10 Å². The fourth-order valence-corrected chi connectivity index (χ4v) is 4.45. The summed E-state index contributed by atoms with van der Waals surface area (Å²) >= 11 is 3.29. The predicted octanol–water partition coefficient (Wildman–Crippen LogP) is 4.24. The summed E-state index contributed by atoms with van der Waals surface area (Å²) < 4.78 is 41.3. The summed E-state index contributed by atoms with van der Waals surface area (Å²) in [5.74, 6) is -0.979. The Kier molecular flexibility index (Phi) is 7.89. The van der Waals surface area contributed by atoms with Gasteiger partial charge in [0.2, 0.25) is 10.0 Å². The number of nitrogens with zero attached hydrogens (tertiary/aromatic N) is 2. The average Bonchev–Trinajstić information content (AvgIpc) is 2.76. The highest BCUT2D eigenvalue weighted by molar-refractivity contribution is 9.10. The van der Waals surface area contributed by atoms with Gasteiger partial charge in [-0.25, -0.2) is 18.2 Å². The molecular weight excluding hydrogens is 497 g/mol. The number of sulfonamides is 1. The maximum absolute atomic E-state index is 13.2. The average molecular weight is 518 g/mol. The minimum atomic E-state index is -3.95. The molecule has 0 heterocycles. The smallest absolute Gasteiger partial charge is 0.255 e. The van der Waals surface area contributed by atoms with Crippen molar-refractivity contribution < 1.29 is 17.6 Å². The van der Waals surface area contributed by atoms with E-state index in [4.69, 9.17) is 0 Å². The fourth-order valence-electron chi connectivity index (χ4n) is 2.80. The largest absolute Gasteiger partial charge is 0.272 e. The number of hydrazone groups is 1. The molecule has 1 amide bonds. The number of halogens is 2. The monoisotopic (exact) mass is 517 g/mol. The Morgan fingerprint density at radius 3 is 2.28 bits per heavy atom. The van der Waals surface area contributed by atoms with Gasteiger partial charge in [-0.05, 0) is 54.4 Å². The van der Waals surface area contributed by atoms with Crippen molar-refractivity contribution in [1.82, 2.24) is 9.73 Å². The van der Waals surface area contributed by atoms with Crippen LogP contribution in [0.15, 0.2) is 87.3 Å². The van der Waals surface area contributed by atoms with Crippen molar-refractivity contribution >= 4 is 38.1 Å². The molecular formula is C23H21BrFN3O3S. The number of nitrogens with one attached hydrogen (secondary N) is 1. The number of aryl methyl sites for hydroxylation is 1. The van der Waals surface area contributed by atoms with Gasteiger partial charge in [0.25, 0.3) is 5.91 Å². The molecule has 9 heteroatoms. The number of rotatable bonds is 8. The lowest BCUT2D eigenvalue weighted by Crippen LogP contribution is -2.39. The second kappa shape index (κ2) is 10.6. The lowest BCUT2D eigenvalue weighted by atomic mass is 10.1. The molecule has 32 heavy (non-hydrogen) atoms. The standard InChI is InChI=1S/C23H21BrFN3O3S/c1-17-2-4-19(5-3-17)15-28(32(30,31)22-12-8-20(24)9-13-22)16-23(29)27-26-14-18-6-10-21(25)11-7-18/h2-14H,15-16H2,1H3,(H,27,29)/b26-14-. The summed E-state index contributed by atoms with van der Waals surface area (Å²) in [4.78, 5) is 12.6. The SMILES string of the molecule is Cc1ccc(CN(CC(=O)N/N=C\c2ccc(F)cc2)S(=O)(=O)c2ccc(Br)cc2)cc1. The van der Waals surface area contributed by atoms with Crippen LogP contribution in [0.1, 0.15) is 16.7 Å². The molecule has 0 bridgehead atoms. The number of hydrogen-bond acceptors (Lipinski definition) is 4. The van der Waals surface area contributed by atoms with E-state index in [-0.39, 0.29) is 17.3 Å². The maximum Gasteiger partial charge on any atom is 0.255 e. The lowest BCUT2D eigenvalue weighted by molar-refractivity contribution is -0.121. The van der Waals surface area contributed by atoms with Crippen LogP contribution < -0.4 is 5.43 Å². The topological polar surface area (TPSA) is 78.8 Å². The molecule has 0 unspecified atom stereocenters. The number of carbonyl (C=O) groups excluding carboxylic acids is 1. The van der Waals surface area contributed by atoms with Gasteiger partial charge in [0, 0.05) is 11.0 Å². The molecule has 3 aromatic carbocycles. The summed E-state index contributed by atoms with van der Waals surface area (Å²) in [6, 6.07) is 19.2. The zero-order chi connectivity index (χ0) is 23.1. The van der Waals surface area contributed by atoms with Crippen LogP contribution >= 0.6 is 15.9 Å². The van der Waals surface area contributed by atoms with Gasteiger partial charge in [0.1, 0.15) is 5.82 Å². The van der Waals surface area contributed by atoms with E-state index in [0.717, 1.165) is 19.9 Å². The fraction of sp³-hybridized carbons (Fsp3) is 0.130. The van der Waals surface area contributed by atoms with Gasteiger partial charge >= 0.3 is 0 Å². The molecule has 0 atom stereocenters. The summed E-state index contributed by atoms with van der Waals surface area (Å²) in [6.07, 6.45) is 1.35. The van der Waals surface area contributed by atoms with Gasteiger partial charge in [0.05, 0.1) is 17.7 Å². The summed E-state index contributed by atoms with van der Waals surface area (Å²) in [6.45, 7) is 1.54. The van der Waals surface area contributed by atoms with Crippen LogP contribution in [0.5, 0.6) is 0 Å². The number of carbonyl (C=O) groups is 1. The highest BCUT2D eigenvalue weighted by Crippen LogP contribution is 2.21. The Bertz CT molecular complexity index is 1200. The Hall–Kier alpha value is -2.88. The third-order valence-corrected chi connectivity index (χ3v) is 6.86.